The Morgan fingerprint density at radius 3 is 2.59 bits per heavy atom. The molecule has 0 unspecified atom stereocenters. The third-order valence-electron chi connectivity index (χ3n) is 4.69. The normalized spacial score (nSPS) is 11.0. The van der Waals surface area contributed by atoms with Crippen LogP contribution in [0, 0.1) is 19.7 Å². The molecule has 2 aromatic heterocycles. The quantitative estimate of drug-likeness (QED) is 0.422. The van der Waals surface area contributed by atoms with Gasteiger partial charge >= 0.3 is 0 Å². The number of carbonyl (C=O) groups excluding carboxylic acids is 1. The fourth-order valence-corrected chi connectivity index (χ4v) is 3.82. The number of fused-ring (bicyclic) bond motifs is 1. The molecule has 4 nitrogen and oxygen atoms in total. The summed E-state index contributed by atoms with van der Waals surface area (Å²) in [6.07, 6.45) is 1.83. The van der Waals surface area contributed by atoms with E-state index in [1.807, 2.05) is 54.9 Å². The monoisotopic (exact) mass is 451 g/mol. The van der Waals surface area contributed by atoms with Crippen molar-refractivity contribution in [3.63, 3.8) is 0 Å². The molecular formula is C23H19BrFN3O. The minimum atomic E-state index is -0.268. The molecule has 1 amide bonds. The Morgan fingerprint density at radius 2 is 1.86 bits per heavy atom. The molecule has 0 fully saturated rings. The van der Waals surface area contributed by atoms with Crippen molar-refractivity contribution >= 4 is 38.6 Å². The van der Waals surface area contributed by atoms with Crippen LogP contribution in [0.5, 0.6) is 0 Å². The lowest BCUT2D eigenvalue weighted by molar-refractivity contribution is 0.102. The number of hydrogen-bond acceptors (Lipinski definition) is 2. The third-order valence-corrected chi connectivity index (χ3v) is 5.19. The molecule has 0 bridgehead atoms. The molecule has 0 saturated carbocycles. The average molecular weight is 452 g/mol. The Hall–Kier alpha value is -2.99. The molecule has 146 valence electrons. The number of nitrogens with zero attached hydrogens (tertiary/aromatic N) is 2. The number of aromatic nitrogens is 2. The van der Waals surface area contributed by atoms with Crippen LogP contribution in [0.2, 0.25) is 0 Å². The van der Waals surface area contributed by atoms with Gasteiger partial charge in [-0.05, 0) is 67.4 Å². The Balaban J connectivity index is 1.72. The van der Waals surface area contributed by atoms with Crippen LogP contribution in [0.1, 0.15) is 27.2 Å². The van der Waals surface area contributed by atoms with Crippen LogP contribution in [0.25, 0.3) is 10.9 Å². The molecule has 0 aliphatic carbocycles. The van der Waals surface area contributed by atoms with E-state index in [0.29, 0.717) is 17.9 Å². The fraction of sp³-hybridized carbons (Fsp3) is 0.130. The van der Waals surface area contributed by atoms with Crippen molar-refractivity contribution in [1.29, 1.82) is 0 Å². The molecule has 1 N–H and O–H groups in total. The van der Waals surface area contributed by atoms with Crippen LogP contribution in [0.15, 0.2) is 65.3 Å². The van der Waals surface area contributed by atoms with Crippen LogP contribution in [0.4, 0.5) is 10.2 Å². The number of halogens is 2. The van der Waals surface area contributed by atoms with E-state index >= 15 is 0 Å². The van der Waals surface area contributed by atoms with Gasteiger partial charge in [-0.25, -0.2) is 9.37 Å². The van der Waals surface area contributed by atoms with Gasteiger partial charge in [0.05, 0.1) is 5.56 Å². The van der Waals surface area contributed by atoms with Crippen molar-refractivity contribution in [3.8, 4) is 0 Å². The zero-order valence-electron chi connectivity index (χ0n) is 16.0. The summed E-state index contributed by atoms with van der Waals surface area (Å²) in [6, 6.07) is 16.0. The van der Waals surface area contributed by atoms with Crippen LogP contribution < -0.4 is 5.32 Å². The number of pyridine rings is 1. The summed E-state index contributed by atoms with van der Waals surface area (Å²) in [4.78, 5) is 17.4. The molecule has 0 aliphatic rings. The average Bonchev–Trinajstić information content (AvgIpc) is 3.00. The minimum Gasteiger partial charge on any atom is -0.342 e. The number of benzene rings is 2. The van der Waals surface area contributed by atoms with E-state index in [9.17, 15) is 9.18 Å². The molecule has 6 heteroatoms. The minimum absolute atomic E-state index is 0.219. The molecule has 29 heavy (non-hydrogen) atoms. The van der Waals surface area contributed by atoms with E-state index in [1.165, 1.54) is 12.1 Å². The second kappa shape index (κ2) is 7.79. The number of nitrogens with one attached hydrogen (secondary N) is 1. The number of amides is 1. The number of hydrogen-bond donors (Lipinski definition) is 1. The summed E-state index contributed by atoms with van der Waals surface area (Å²) in [5.41, 5.74) is 4.32. The first-order valence-electron chi connectivity index (χ1n) is 9.18. The van der Waals surface area contributed by atoms with Crippen LogP contribution in [-0.4, -0.2) is 15.5 Å². The number of rotatable bonds is 4. The predicted octanol–water partition coefficient (Wildman–Crippen LogP) is 5.86. The Bertz CT molecular complexity index is 1190. The summed E-state index contributed by atoms with van der Waals surface area (Å²) >= 11 is 3.49. The molecule has 2 aromatic carbocycles. The van der Waals surface area contributed by atoms with Crippen molar-refractivity contribution in [3.05, 3.63) is 93.5 Å². The summed E-state index contributed by atoms with van der Waals surface area (Å²) in [5, 5.41) is 3.74. The maximum Gasteiger partial charge on any atom is 0.258 e. The van der Waals surface area contributed by atoms with E-state index in [0.717, 1.165) is 32.2 Å². The van der Waals surface area contributed by atoms with E-state index in [2.05, 4.69) is 26.2 Å². The van der Waals surface area contributed by atoms with E-state index in [4.69, 9.17) is 0 Å². The first-order chi connectivity index (χ1) is 13.9. The molecule has 0 atom stereocenters. The Morgan fingerprint density at radius 1 is 1.10 bits per heavy atom. The summed E-state index contributed by atoms with van der Waals surface area (Å²) in [5.74, 6) is 0.0430. The second-order valence-electron chi connectivity index (χ2n) is 7.08. The number of aryl methyl sites for hydroxylation is 2. The molecule has 0 spiro atoms. The highest BCUT2D eigenvalue weighted by molar-refractivity contribution is 9.10. The van der Waals surface area contributed by atoms with E-state index in [-0.39, 0.29) is 11.7 Å². The van der Waals surface area contributed by atoms with Crippen molar-refractivity contribution in [1.82, 2.24) is 9.55 Å². The fourth-order valence-electron chi connectivity index (χ4n) is 3.46. The topological polar surface area (TPSA) is 46.9 Å². The van der Waals surface area contributed by atoms with Gasteiger partial charge in [-0.3, -0.25) is 4.79 Å². The Kier molecular flexibility index (Phi) is 5.20. The lowest BCUT2D eigenvalue weighted by Crippen LogP contribution is -2.13. The highest BCUT2D eigenvalue weighted by Crippen LogP contribution is 2.27. The van der Waals surface area contributed by atoms with Gasteiger partial charge in [-0.15, -0.1) is 0 Å². The Labute approximate surface area is 176 Å². The molecule has 0 saturated heterocycles. The van der Waals surface area contributed by atoms with Crippen molar-refractivity contribution in [2.24, 2.45) is 0 Å². The van der Waals surface area contributed by atoms with Gasteiger partial charge in [0.15, 0.2) is 0 Å². The van der Waals surface area contributed by atoms with Gasteiger partial charge in [0.2, 0.25) is 0 Å². The summed E-state index contributed by atoms with van der Waals surface area (Å²) < 4.78 is 16.1. The van der Waals surface area contributed by atoms with E-state index in [1.54, 1.807) is 12.1 Å². The van der Waals surface area contributed by atoms with Crippen molar-refractivity contribution in [2.45, 2.75) is 20.4 Å². The lowest BCUT2D eigenvalue weighted by Gasteiger charge is -2.06. The van der Waals surface area contributed by atoms with E-state index < -0.39 is 0 Å². The smallest absolute Gasteiger partial charge is 0.258 e. The van der Waals surface area contributed by atoms with Crippen molar-refractivity contribution < 1.29 is 9.18 Å². The lowest BCUT2D eigenvalue weighted by atomic mass is 10.1. The van der Waals surface area contributed by atoms with Crippen LogP contribution >= 0.6 is 15.9 Å². The highest BCUT2D eigenvalue weighted by Gasteiger charge is 2.17. The van der Waals surface area contributed by atoms with Gasteiger partial charge in [-0.1, -0.05) is 28.1 Å². The van der Waals surface area contributed by atoms with Gasteiger partial charge in [0.1, 0.15) is 11.6 Å². The highest BCUT2D eigenvalue weighted by atomic mass is 79.9. The number of anilines is 1. The summed E-state index contributed by atoms with van der Waals surface area (Å²) in [7, 11) is 0. The first-order valence-corrected chi connectivity index (χ1v) is 9.98. The SMILES string of the molecule is Cc1cc(C)nc(NC(=O)c2cn(Cc3ccc(F)cc3)c3ccc(Br)cc23)c1. The van der Waals surface area contributed by atoms with Crippen LogP contribution in [-0.2, 0) is 6.54 Å². The number of carbonyl (C=O) groups is 1. The first kappa shape index (κ1) is 19.3. The molecule has 2 heterocycles. The van der Waals surface area contributed by atoms with Crippen LogP contribution in [0.3, 0.4) is 0 Å². The molecule has 4 aromatic rings. The zero-order chi connectivity index (χ0) is 20.5. The molecule has 4 rings (SSSR count). The predicted molar refractivity (Wildman–Crippen MR) is 117 cm³/mol. The maximum atomic E-state index is 13.2. The standard InChI is InChI=1S/C23H19BrFN3O/c1-14-9-15(2)26-22(10-14)27-23(29)20-13-28(12-16-3-6-18(25)7-4-16)21-8-5-17(24)11-19(20)21/h3-11,13H,12H2,1-2H3,(H,26,27,29). The summed E-state index contributed by atoms with van der Waals surface area (Å²) in [6.45, 7) is 4.40. The third kappa shape index (κ3) is 4.22. The largest absolute Gasteiger partial charge is 0.342 e. The van der Waals surface area contributed by atoms with Gasteiger partial charge in [0.25, 0.3) is 5.91 Å². The van der Waals surface area contributed by atoms with Gasteiger partial charge in [-0.2, -0.15) is 0 Å². The van der Waals surface area contributed by atoms with Gasteiger partial charge in [0, 0.05) is 33.8 Å². The second-order valence-corrected chi connectivity index (χ2v) is 8.00. The molecule has 0 aliphatic heterocycles. The van der Waals surface area contributed by atoms with Crippen molar-refractivity contribution in [2.75, 3.05) is 5.32 Å². The maximum absolute atomic E-state index is 13.2. The zero-order valence-corrected chi connectivity index (χ0v) is 17.6. The molecular weight excluding hydrogens is 433 g/mol. The van der Waals surface area contributed by atoms with Gasteiger partial charge < -0.3 is 9.88 Å². The molecule has 0 radical (unpaired) electrons.